The van der Waals surface area contributed by atoms with Crippen molar-refractivity contribution in [1.82, 2.24) is 0 Å². The third-order valence-corrected chi connectivity index (χ3v) is 6.21. The molecule has 1 atom stereocenters. The zero-order valence-corrected chi connectivity index (χ0v) is 14.6. The van der Waals surface area contributed by atoms with Gasteiger partial charge in [-0.3, -0.25) is 9.36 Å². The molecule has 0 saturated carbocycles. The molecule has 0 heterocycles. The van der Waals surface area contributed by atoms with E-state index in [0.29, 0.717) is 10.9 Å². The van der Waals surface area contributed by atoms with Crippen LogP contribution in [0.4, 0.5) is 0 Å². The minimum Gasteiger partial charge on any atom is -0.320 e. The Morgan fingerprint density at radius 1 is 0.760 bits per heavy atom. The molecule has 4 heteroatoms. The Balaban J connectivity index is 1.84. The van der Waals surface area contributed by atoms with Gasteiger partial charge in [-0.05, 0) is 17.7 Å². The van der Waals surface area contributed by atoms with E-state index in [1.807, 2.05) is 42.5 Å². The van der Waals surface area contributed by atoms with E-state index < -0.39 is 7.37 Å². The Kier molecular flexibility index (Phi) is 5.60. The van der Waals surface area contributed by atoms with Gasteiger partial charge in [0.15, 0.2) is 5.78 Å². The molecule has 3 rings (SSSR count). The number of rotatable bonds is 7. The molecule has 3 aromatic carbocycles. The highest BCUT2D eigenvalue weighted by molar-refractivity contribution is 7.67. The maximum absolute atomic E-state index is 13.5. The molecule has 0 aliphatic rings. The van der Waals surface area contributed by atoms with Crippen molar-refractivity contribution >= 4 is 18.5 Å². The number of Topliss-reactive ketones (excluding diaryl/α,β-unsaturated/α-hetero) is 1. The lowest BCUT2D eigenvalue weighted by atomic mass is 10.2. The Hall–Kier alpha value is -2.48. The third-order valence-electron chi connectivity index (χ3n) is 3.88. The van der Waals surface area contributed by atoms with E-state index >= 15 is 0 Å². The smallest absolute Gasteiger partial charge is 0.240 e. The van der Waals surface area contributed by atoms with Crippen LogP contribution in [-0.4, -0.2) is 11.9 Å². The van der Waals surface area contributed by atoms with Crippen molar-refractivity contribution in [1.29, 1.82) is 0 Å². The Labute approximate surface area is 147 Å². The summed E-state index contributed by atoms with van der Waals surface area (Å²) in [5.74, 6) is -0.180. The van der Waals surface area contributed by atoms with Crippen molar-refractivity contribution in [3.8, 4) is 0 Å². The minimum absolute atomic E-state index is 0.145. The van der Waals surface area contributed by atoms with Gasteiger partial charge in [-0.1, -0.05) is 78.9 Å². The topological polar surface area (TPSA) is 43.4 Å². The fourth-order valence-corrected chi connectivity index (χ4v) is 4.49. The monoisotopic (exact) mass is 350 g/mol. The number of ketones is 1. The third kappa shape index (κ3) is 4.54. The molecule has 25 heavy (non-hydrogen) atoms. The number of carbonyl (C=O) groups excluding carboxylic acids is 1. The van der Waals surface area contributed by atoms with Crippen LogP contribution in [0.5, 0.6) is 0 Å². The molecule has 0 bridgehead atoms. The lowest BCUT2D eigenvalue weighted by molar-refractivity contribution is 0.101. The molecule has 0 aromatic heterocycles. The van der Waals surface area contributed by atoms with Crippen LogP contribution < -0.4 is 5.30 Å². The van der Waals surface area contributed by atoms with Crippen molar-refractivity contribution in [3.63, 3.8) is 0 Å². The van der Waals surface area contributed by atoms with E-state index in [9.17, 15) is 9.36 Å². The molecule has 0 fully saturated rings. The molecule has 0 radical (unpaired) electrons. The lowest BCUT2D eigenvalue weighted by Gasteiger charge is -2.18. The zero-order valence-electron chi connectivity index (χ0n) is 13.7. The average Bonchev–Trinajstić information content (AvgIpc) is 2.68. The Bertz CT molecular complexity index is 861. The Morgan fingerprint density at radius 3 is 1.88 bits per heavy atom. The van der Waals surface area contributed by atoms with Crippen LogP contribution in [0.1, 0.15) is 15.9 Å². The first-order chi connectivity index (χ1) is 12.2. The highest BCUT2D eigenvalue weighted by Gasteiger charge is 2.29. The van der Waals surface area contributed by atoms with Crippen LogP contribution in [-0.2, 0) is 15.7 Å². The van der Waals surface area contributed by atoms with Crippen molar-refractivity contribution < 1.29 is 13.9 Å². The summed E-state index contributed by atoms with van der Waals surface area (Å²) in [5, 5.41) is 0.565. The molecule has 126 valence electrons. The van der Waals surface area contributed by atoms with E-state index in [1.54, 1.807) is 48.5 Å². The number of benzene rings is 3. The molecule has 3 nitrogen and oxygen atoms in total. The van der Waals surface area contributed by atoms with Gasteiger partial charge in [0.25, 0.3) is 0 Å². The molecule has 0 N–H and O–H groups in total. The predicted molar refractivity (Wildman–Crippen MR) is 101 cm³/mol. The normalized spacial score (nSPS) is 13.1. The maximum atomic E-state index is 13.5. The van der Waals surface area contributed by atoms with Crippen LogP contribution in [0.25, 0.3) is 0 Å². The first-order valence-electron chi connectivity index (χ1n) is 8.09. The van der Waals surface area contributed by atoms with Crippen LogP contribution in [0.3, 0.4) is 0 Å². The van der Waals surface area contributed by atoms with Crippen molar-refractivity contribution in [2.24, 2.45) is 0 Å². The summed E-state index contributed by atoms with van der Waals surface area (Å²) in [6.45, 7) is 0.203. The van der Waals surface area contributed by atoms with Crippen molar-refractivity contribution in [2.75, 3.05) is 6.16 Å². The molecule has 1 unspecified atom stereocenters. The van der Waals surface area contributed by atoms with Gasteiger partial charge in [0, 0.05) is 10.9 Å². The second-order valence-corrected chi connectivity index (χ2v) is 8.15. The molecule has 0 amide bonds. The van der Waals surface area contributed by atoms with E-state index in [-0.39, 0.29) is 18.6 Å². The van der Waals surface area contributed by atoms with Crippen LogP contribution in [0.15, 0.2) is 91.0 Å². The molecule has 0 aliphatic heterocycles. The first-order valence-corrected chi connectivity index (χ1v) is 9.90. The second-order valence-electron chi connectivity index (χ2n) is 5.72. The average molecular weight is 350 g/mol. The summed E-state index contributed by atoms with van der Waals surface area (Å²) in [5.41, 5.74) is 1.47. The fourth-order valence-electron chi connectivity index (χ4n) is 2.52. The summed E-state index contributed by atoms with van der Waals surface area (Å²) in [6, 6.07) is 27.4. The largest absolute Gasteiger partial charge is 0.320 e. The minimum atomic E-state index is -3.31. The standard InChI is InChI=1S/C21H19O3P/c22-21(19-12-6-2-7-13-19)17-25(23,20-14-8-3-9-15-20)24-16-18-10-4-1-5-11-18/h1-15H,16-17H2. The number of hydrogen-bond acceptors (Lipinski definition) is 3. The number of carbonyl (C=O) groups is 1. The molecule has 0 aliphatic carbocycles. The van der Waals surface area contributed by atoms with Gasteiger partial charge in [0.1, 0.15) is 0 Å². The van der Waals surface area contributed by atoms with Gasteiger partial charge in [0.05, 0.1) is 12.8 Å². The summed E-state index contributed by atoms with van der Waals surface area (Å²) in [6.07, 6.45) is -0.145. The van der Waals surface area contributed by atoms with E-state index in [1.165, 1.54) is 0 Å². The highest BCUT2D eigenvalue weighted by Crippen LogP contribution is 2.47. The van der Waals surface area contributed by atoms with Crippen molar-refractivity contribution in [3.05, 3.63) is 102 Å². The van der Waals surface area contributed by atoms with Crippen LogP contribution in [0.2, 0.25) is 0 Å². The van der Waals surface area contributed by atoms with Gasteiger partial charge in [0.2, 0.25) is 7.37 Å². The predicted octanol–water partition coefficient (Wildman–Crippen LogP) is 4.69. The molecule has 3 aromatic rings. The van der Waals surface area contributed by atoms with Gasteiger partial charge in [-0.15, -0.1) is 0 Å². The SMILES string of the molecule is O=C(CP(=O)(OCc1ccccc1)c1ccccc1)c1ccccc1. The summed E-state index contributed by atoms with van der Waals surface area (Å²) in [4.78, 5) is 12.6. The Morgan fingerprint density at radius 2 is 1.28 bits per heavy atom. The first kappa shape index (κ1) is 17.3. The van der Waals surface area contributed by atoms with Gasteiger partial charge in [-0.2, -0.15) is 0 Å². The summed E-state index contributed by atoms with van der Waals surface area (Å²) < 4.78 is 19.4. The number of hydrogen-bond donors (Lipinski definition) is 0. The van der Waals surface area contributed by atoms with Crippen LogP contribution in [0, 0.1) is 0 Å². The molecule has 0 saturated heterocycles. The zero-order chi connectivity index (χ0) is 17.5. The lowest BCUT2D eigenvalue weighted by Crippen LogP contribution is -2.16. The van der Waals surface area contributed by atoms with Crippen molar-refractivity contribution in [2.45, 2.75) is 6.61 Å². The fraction of sp³-hybridized carbons (Fsp3) is 0.0952. The maximum Gasteiger partial charge on any atom is 0.240 e. The highest BCUT2D eigenvalue weighted by atomic mass is 31.2. The molecular formula is C21H19O3P. The van der Waals surface area contributed by atoms with Gasteiger partial charge < -0.3 is 4.52 Å². The second kappa shape index (κ2) is 8.06. The van der Waals surface area contributed by atoms with E-state index in [4.69, 9.17) is 4.52 Å². The summed E-state index contributed by atoms with van der Waals surface area (Å²) >= 11 is 0. The van der Waals surface area contributed by atoms with Gasteiger partial charge in [-0.25, -0.2) is 0 Å². The van der Waals surface area contributed by atoms with Crippen LogP contribution >= 0.6 is 7.37 Å². The van der Waals surface area contributed by atoms with E-state index in [2.05, 4.69) is 0 Å². The summed E-state index contributed by atoms with van der Waals surface area (Å²) in [7, 11) is -3.31. The quantitative estimate of drug-likeness (QED) is 0.459. The van der Waals surface area contributed by atoms with Gasteiger partial charge >= 0.3 is 0 Å². The molecule has 0 spiro atoms. The van der Waals surface area contributed by atoms with E-state index in [0.717, 1.165) is 5.56 Å². The molecular weight excluding hydrogens is 331 g/mol.